The summed E-state index contributed by atoms with van der Waals surface area (Å²) in [6.45, 7) is 1.88. The van der Waals surface area contributed by atoms with Gasteiger partial charge in [0.25, 0.3) is 11.8 Å². The van der Waals surface area contributed by atoms with Gasteiger partial charge in [-0.2, -0.15) is 10.1 Å². The van der Waals surface area contributed by atoms with Gasteiger partial charge < -0.3 is 10.1 Å². The lowest BCUT2D eigenvalue weighted by molar-refractivity contribution is -0.130. The lowest BCUT2D eigenvalue weighted by Gasteiger charge is -2.31. The van der Waals surface area contributed by atoms with Crippen LogP contribution in [-0.4, -0.2) is 52.7 Å². The Balaban J connectivity index is 1.64. The molecule has 168 valence electrons. The number of rotatable bonds is 3. The van der Waals surface area contributed by atoms with Crippen LogP contribution in [-0.2, 0) is 14.3 Å². The van der Waals surface area contributed by atoms with Gasteiger partial charge >= 0.3 is 6.09 Å². The van der Waals surface area contributed by atoms with Gasteiger partial charge in [0.1, 0.15) is 18.5 Å². The van der Waals surface area contributed by atoms with Crippen molar-refractivity contribution in [1.29, 1.82) is 0 Å². The van der Waals surface area contributed by atoms with Crippen molar-refractivity contribution in [1.82, 2.24) is 10.2 Å². The van der Waals surface area contributed by atoms with Gasteiger partial charge in [-0.1, -0.05) is 42.5 Å². The van der Waals surface area contributed by atoms with Crippen LogP contribution in [0.5, 0.6) is 0 Å². The lowest BCUT2D eigenvalue weighted by atomic mass is 9.68. The minimum atomic E-state index is -1.47. The Labute approximate surface area is 194 Å². The third-order valence-electron chi connectivity index (χ3n) is 6.32. The molecule has 2 fully saturated rings. The minimum absolute atomic E-state index is 0.0926. The Kier molecular flexibility index (Phi) is 4.97. The average Bonchev–Trinajstić information content (AvgIpc) is 3.46. The molecule has 10 heteroatoms. The van der Waals surface area contributed by atoms with Gasteiger partial charge in [-0.3, -0.25) is 9.59 Å². The number of amides is 3. The Morgan fingerprint density at radius 1 is 1.18 bits per heavy atom. The van der Waals surface area contributed by atoms with Gasteiger partial charge in [-0.05, 0) is 36.8 Å². The first-order valence-corrected chi connectivity index (χ1v) is 10.8. The maximum atomic E-state index is 13.9. The third kappa shape index (κ3) is 3.05. The molecule has 0 radical (unpaired) electrons. The molecule has 33 heavy (non-hydrogen) atoms. The number of halogens is 1. The van der Waals surface area contributed by atoms with Crippen molar-refractivity contribution in [3.8, 4) is 0 Å². The Bertz CT molecular complexity index is 1200. The largest absolute Gasteiger partial charge is 0.447 e. The van der Waals surface area contributed by atoms with E-state index in [4.69, 9.17) is 17.0 Å². The molecule has 0 saturated carbocycles. The van der Waals surface area contributed by atoms with E-state index in [0.717, 1.165) is 4.90 Å². The van der Waals surface area contributed by atoms with E-state index in [9.17, 15) is 18.8 Å². The number of thiocarbonyl (C=S) groups is 1. The fourth-order valence-corrected chi connectivity index (χ4v) is 5.26. The number of imide groups is 1. The normalized spacial score (nSPS) is 26.6. The number of para-hydroxylation sites is 1. The fourth-order valence-electron chi connectivity index (χ4n) is 4.77. The summed E-state index contributed by atoms with van der Waals surface area (Å²) in [5.41, 5.74) is 0.0136. The maximum absolute atomic E-state index is 13.9. The van der Waals surface area contributed by atoms with Crippen LogP contribution in [0.1, 0.15) is 18.4 Å². The summed E-state index contributed by atoms with van der Waals surface area (Å²) in [6.07, 6.45) is -0.749. The van der Waals surface area contributed by atoms with Crippen LogP contribution in [0.4, 0.5) is 14.9 Å². The number of carbonyl (C=O) groups excluding carboxylic acids is 3. The number of benzene rings is 2. The fraction of sp³-hybridized carbons (Fsp3) is 0.261. The second-order valence-electron chi connectivity index (χ2n) is 8.03. The number of cyclic esters (lactones) is 1. The number of ether oxygens (including phenoxy) is 1. The van der Waals surface area contributed by atoms with Crippen molar-refractivity contribution in [2.75, 3.05) is 18.2 Å². The van der Waals surface area contributed by atoms with Gasteiger partial charge in [0.2, 0.25) is 0 Å². The van der Waals surface area contributed by atoms with Gasteiger partial charge in [0.15, 0.2) is 5.41 Å². The van der Waals surface area contributed by atoms with Crippen LogP contribution in [0.25, 0.3) is 0 Å². The van der Waals surface area contributed by atoms with E-state index < -0.39 is 41.1 Å². The number of hydrogen-bond donors (Lipinski definition) is 1. The van der Waals surface area contributed by atoms with Crippen LogP contribution in [0.3, 0.4) is 0 Å². The third-order valence-corrected chi connectivity index (χ3v) is 6.76. The van der Waals surface area contributed by atoms with Crippen LogP contribution in [0.15, 0.2) is 59.7 Å². The van der Waals surface area contributed by atoms with Crippen molar-refractivity contribution >= 4 is 46.5 Å². The van der Waals surface area contributed by atoms with E-state index >= 15 is 0 Å². The first kappa shape index (κ1) is 21.2. The number of nitrogens with one attached hydrogen (secondary N) is 1. The smallest absolute Gasteiger partial charge is 0.416 e. The second kappa shape index (κ2) is 7.73. The highest BCUT2D eigenvalue weighted by molar-refractivity contribution is 7.80. The zero-order valence-corrected chi connectivity index (χ0v) is 18.3. The van der Waals surface area contributed by atoms with Crippen molar-refractivity contribution in [3.63, 3.8) is 0 Å². The van der Waals surface area contributed by atoms with Crippen molar-refractivity contribution in [2.45, 2.75) is 18.9 Å². The number of anilines is 1. The molecule has 2 saturated heterocycles. The summed E-state index contributed by atoms with van der Waals surface area (Å²) in [6, 6.07) is 13.4. The highest BCUT2D eigenvalue weighted by atomic mass is 32.1. The van der Waals surface area contributed by atoms with Crippen molar-refractivity contribution < 1.29 is 23.5 Å². The number of carbonyl (C=O) groups is 3. The van der Waals surface area contributed by atoms with E-state index in [1.807, 2.05) is 6.07 Å². The predicted molar refractivity (Wildman–Crippen MR) is 121 cm³/mol. The van der Waals surface area contributed by atoms with Gasteiger partial charge in [-0.25, -0.2) is 14.1 Å². The molecular formula is C23H19FN4O4S. The molecular weight excluding hydrogens is 447 g/mol. The standard InChI is InChI=1S/C23H19FN4O4S/c1-13-23(21(30)28(26-13)16-5-3-2-4-6-16)17(14-7-9-15(24)10-8-14)18(25-20(23)33)19(29)27-11-12-32-22(27)31/h2-10,17-18H,11-12H2,1H3,(H,25,33)/t17-,18-,23+/m0/s1. The first-order valence-electron chi connectivity index (χ1n) is 10.4. The number of hydrazone groups is 1. The zero-order valence-electron chi connectivity index (χ0n) is 17.5. The van der Waals surface area contributed by atoms with Crippen LogP contribution in [0, 0.1) is 11.2 Å². The van der Waals surface area contributed by atoms with Crippen molar-refractivity contribution in [3.05, 3.63) is 66.0 Å². The van der Waals surface area contributed by atoms with Crippen LogP contribution < -0.4 is 10.3 Å². The quantitative estimate of drug-likeness (QED) is 0.700. The summed E-state index contributed by atoms with van der Waals surface area (Å²) >= 11 is 5.65. The molecule has 8 nitrogen and oxygen atoms in total. The van der Waals surface area contributed by atoms with E-state index in [2.05, 4.69) is 10.4 Å². The summed E-state index contributed by atoms with van der Waals surface area (Å²) < 4.78 is 18.7. The van der Waals surface area contributed by atoms with Gasteiger partial charge in [0, 0.05) is 5.92 Å². The SMILES string of the molecule is CC1=NN(c2ccccc2)C(=O)[C@]12C(=S)N[C@H](C(=O)N1CCOC1=O)[C@@H]2c1ccc(F)cc1. The van der Waals surface area contributed by atoms with E-state index in [-0.39, 0.29) is 18.1 Å². The van der Waals surface area contributed by atoms with E-state index in [0.29, 0.717) is 17.0 Å². The maximum Gasteiger partial charge on any atom is 0.416 e. The molecule has 3 aliphatic rings. The summed E-state index contributed by atoms with van der Waals surface area (Å²) in [5, 5.41) is 8.77. The lowest BCUT2D eigenvalue weighted by Crippen LogP contribution is -2.49. The molecule has 0 aliphatic carbocycles. The minimum Gasteiger partial charge on any atom is -0.447 e. The summed E-state index contributed by atoms with van der Waals surface area (Å²) in [5.74, 6) is -2.29. The first-order chi connectivity index (χ1) is 15.9. The van der Waals surface area contributed by atoms with Crippen LogP contribution in [0.2, 0.25) is 0 Å². The van der Waals surface area contributed by atoms with E-state index in [1.165, 1.54) is 29.3 Å². The Hall–Kier alpha value is -3.66. The molecule has 3 amide bonds. The zero-order chi connectivity index (χ0) is 23.3. The molecule has 0 unspecified atom stereocenters. The van der Waals surface area contributed by atoms with E-state index in [1.54, 1.807) is 31.2 Å². The highest BCUT2D eigenvalue weighted by Gasteiger charge is 2.66. The molecule has 2 aromatic rings. The molecule has 2 aromatic carbocycles. The van der Waals surface area contributed by atoms with Crippen molar-refractivity contribution in [2.24, 2.45) is 10.5 Å². The van der Waals surface area contributed by atoms with Gasteiger partial charge in [-0.15, -0.1) is 0 Å². The Morgan fingerprint density at radius 2 is 1.88 bits per heavy atom. The Morgan fingerprint density at radius 3 is 2.52 bits per heavy atom. The molecule has 1 spiro atoms. The predicted octanol–water partition coefficient (Wildman–Crippen LogP) is 2.60. The number of nitrogens with zero attached hydrogens (tertiary/aromatic N) is 3. The molecule has 3 aliphatic heterocycles. The molecule has 0 bridgehead atoms. The molecule has 3 atom stereocenters. The second-order valence-corrected chi connectivity index (χ2v) is 8.44. The molecule has 5 rings (SSSR count). The topological polar surface area (TPSA) is 91.3 Å². The van der Waals surface area contributed by atoms with Gasteiger partial charge in [0.05, 0.1) is 22.9 Å². The average molecular weight is 466 g/mol. The highest BCUT2D eigenvalue weighted by Crippen LogP contribution is 2.50. The monoisotopic (exact) mass is 466 g/mol. The molecule has 1 N–H and O–H groups in total. The van der Waals surface area contributed by atoms with Crippen LogP contribution >= 0.6 is 12.2 Å². The number of hydrogen-bond acceptors (Lipinski definition) is 6. The molecule has 3 heterocycles. The summed E-state index contributed by atoms with van der Waals surface area (Å²) in [4.78, 5) is 40.6. The summed E-state index contributed by atoms with van der Waals surface area (Å²) in [7, 11) is 0. The molecule has 0 aromatic heterocycles.